The van der Waals surface area contributed by atoms with Crippen LogP contribution in [0.15, 0.2) is 24.5 Å². The van der Waals surface area contributed by atoms with Gasteiger partial charge in [0.15, 0.2) is 0 Å². The Hall–Kier alpha value is -1.09. The van der Waals surface area contributed by atoms with Crippen LogP contribution in [0.4, 0.5) is 0 Å². The van der Waals surface area contributed by atoms with Crippen LogP contribution in [0.3, 0.4) is 0 Å². The first-order valence-corrected chi connectivity index (χ1v) is 5.20. The quantitative estimate of drug-likeness (QED) is 0.787. The van der Waals surface area contributed by atoms with E-state index in [4.69, 9.17) is 11.6 Å². The molecular weight excluding hydrogens is 212 g/mol. The van der Waals surface area contributed by atoms with Gasteiger partial charge in [0.2, 0.25) is 5.91 Å². The number of carbonyl (C=O) groups is 1. The SMILES string of the molecule is CC(C)(C)NC(=O)C(Cl)c1cccnc1. The minimum atomic E-state index is -0.682. The highest BCUT2D eigenvalue weighted by atomic mass is 35.5. The third-order valence-corrected chi connectivity index (χ3v) is 2.16. The van der Waals surface area contributed by atoms with Crippen LogP contribution < -0.4 is 5.32 Å². The lowest BCUT2D eigenvalue weighted by Crippen LogP contribution is -2.42. The number of alkyl halides is 1. The summed E-state index contributed by atoms with van der Waals surface area (Å²) in [5, 5.41) is 2.14. The van der Waals surface area contributed by atoms with Crippen molar-refractivity contribution in [1.82, 2.24) is 10.3 Å². The average molecular weight is 227 g/mol. The molecule has 1 aromatic heterocycles. The number of hydrogen-bond acceptors (Lipinski definition) is 2. The molecule has 0 bridgehead atoms. The molecule has 82 valence electrons. The molecule has 15 heavy (non-hydrogen) atoms. The minimum absolute atomic E-state index is 0.197. The largest absolute Gasteiger partial charge is 0.350 e. The smallest absolute Gasteiger partial charge is 0.243 e. The molecule has 0 aliphatic heterocycles. The highest BCUT2D eigenvalue weighted by molar-refractivity contribution is 6.30. The molecule has 1 amide bonds. The second kappa shape index (κ2) is 4.62. The summed E-state index contributed by atoms with van der Waals surface area (Å²) in [7, 11) is 0. The first kappa shape index (κ1) is 12.0. The van der Waals surface area contributed by atoms with Crippen LogP contribution in [-0.2, 0) is 4.79 Å². The van der Waals surface area contributed by atoms with Gasteiger partial charge in [0.05, 0.1) is 0 Å². The van der Waals surface area contributed by atoms with E-state index >= 15 is 0 Å². The summed E-state index contributed by atoms with van der Waals surface area (Å²) in [4.78, 5) is 15.6. The number of carbonyl (C=O) groups excluding carboxylic acids is 1. The third kappa shape index (κ3) is 3.88. The first-order valence-electron chi connectivity index (χ1n) is 4.76. The van der Waals surface area contributed by atoms with Crippen molar-refractivity contribution in [3.8, 4) is 0 Å². The summed E-state index contributed by atoms with van der Waals surface area (Å²) in [6.07, 6.45) is 3.24. The molecule has 0 saturated carbocycles. The Morgan fingerprint density at radius 1 is 1.53 bits per heavy atom. The number of halogens is 1. The summed E-state index contributed by atoms with van der Waals surface area (Å²) in [5.74, 6) is -0.197. The average Bonchev–Trinajstić information content (AvgIpc) is 2.15. The zero-order valence-corrected chi connectivity index (χ0v) is 9.88. The number of pyridine rings is 1. The van der Waals surface area contributed by atoms with E-state index in [0.717, 1.165) is 0 Å². The standard InChI is InChI=1S/C11H15ClN2O/c1-11(2,3)14-10(15)9(12)8-5-4-6-13-7-8/h4-7,9H,1-3H3,(H,14,15). The molecular formula is C11H15ClN2O. The van der Waals surface area contributed by atoms with Gasteiger partial charge in [0, 0.05) is 17.9 Å². The van der Waals surface area contributed by atoms with Crippen molar-refractivity contribution < 1.29 is 4.79 Å². The summed E-state index contributed by atoms with van der Waals surface area (Å²) >= 11 is 6.01. The van der Waals surface area contributed by atoms with Crippen LogP contribution >= 0.6 is 11.6 Å². The van der Waals surface area contributed by atoms with E-state index in [-0.39, 0.29) is 11.4 Å². The lowest BCUT2D eigenvalue weighted by molar-refractivity contribution is -0.122. The summed E-state index contributed by atoms with van der Waals surface area (Å²) < 4.78 is 0. The van der Waals surface area contributed by atoms with Crippen molar-refractivity contribution in [1.29, 1.82) is 0 Å². The van der Waals surface area contributed by atoms with Crippen LogP contribution in [0.25, 0.3) is 0 Å². The van der Waals surface area contributed by atoms with Gasteiger partial charge in [-0.05, 0) is 32.4 Å². The van der Waals surface area contributed by atoms with Gasteiger partial charge in [0.1, 0.15) is 5.38 Å². The molecule has 0 aliphatic carbocycles. The Morgan fingerprint density at radius 2 is 2.20 bits per heavy atom. The van der Waals surface area contributed by atoms with Gasteiger partial charge >= 0.3 is 0 Å². The second-order valence-electron chi connectivity index (χ2n) is 4.39. The van der Waals surface area contributed by atoms with E-state index in [1.165, 1.54) is 0 Å². The number of rotatable bonds is 2. The molecule has 1 rings (SSSR count). The molecule has 0 fully saturated rings. The molecule has 1 heterocycles. The molecule has 4 heteroatoms. The number of aromatic nitrogens is 1. The van der Waals surface area contributed by atoms with Gasteiger partial charge in [-0.3, -0.25) is 9.78 Å². The predicted molar refractivity (Wildman–Crippen MR) is 60.7 cm³/mol. The van der Waals surface area contributed by atoms with E-state index in [0.29, 0.717) is 5.56 Å². The van der Waals surface area contributed by atoms with E-state index in [2.05, 4.69) is 10.3 Å². The third-order valence-electron chi connectivity index (χ3n) is 1.71. The summed E-state index contributed by atoms with van der Waals surface area (Å²) in [6, 6.07) is 3.54. The van der Waals surface area contributed by atoms with Crippen LogP contribution in [0.1, 0.15) is 31.7 Å². The van der Waals surface area contributed by atoms with Crippen LogP contribution in [0.2, 0.25) is 0 Å². The lowest BCUT2D eigenvalue weighted by Gasteiger charge is -2.22. The highest BCUT2D eigenvalue weighted by Crippen LogP contribution is 2.20. The first-order chi connectivity index (χ1) is 6.90. The van der Waals surface area contributed by atoms with E-state index in [1.807, 2.05) is 20.8 Å². The predicted octanol–water partition coefficient (Wildman–Crippen LogP) is 2.28. The van der Waals surface area contributed by atoms with Crippen LogP contribution in [0.5, 0.6) is 0 Å². The van der Waals surface area contributed by atoms with Crippen molar-refractivity contribution in [2.45, 2.75) is 31.7 Å². The highest BCUT2D eigenvalue weighted by Gasteiger charge is 2.22. The maximum Gasteiger partial charge on any atom is 0.243 e. The van der Waals surface area contributed by atoms with Gasteiger partial charge in [0.25, 0.3) is 0 Å². The van der Waals surface area contributed by atoms with E-state index in [9.17, 15) is 4.79 Å². The summed E-state index contributed by atoms with van der Waals surface area (Å²) in [6.45, 7) is 5.74. The number of nitrogens with one attached hydrogen (secondary N) is 1. The van der Waals surface area contributed by atoms with Gasteiger partial charge < -0.3 is 5.32 Å². The van der Waals surface area contributed by atoms with Gasteiger partial charge in [-0.25, -0.2) is 0 Å². The molecule has 0 aliphatic rings. The van der Waals surface area contributed by atoms with Crippen molar-refractivity contribution in [3.05, 3.63) is 30.1 Å². The number of hydrogen-bond donors (Lipinski definition) is 1. The second-order valence-corrected chi connectivity index (χ2v) is 4.82. The molecule has 1 N–H and O–H groups in total. The van der Waals surface area contributed by atoms with Gasteiger partial charge in [-0.1, -0.05) is 6.07 Å². The maximum atomic E-state index is 11.7. The molecule has 0 aromatic carbocycles. The summed E-state index contributed by atoms with van der Waals surface area (Å²) in [5.41, 5.74) is 0.438. The van der Waals surface area contributed by atoms with Crippen molar-refractivity contribution in [3.63, 3.8) is 0 Å². The lowest BCUT2D eigenvalue weighted by atomic mass is 10.1. The topological polar surface area (TPSA) is 42.0 Å². The number of nitrogens with zero attached hydrogens (tertiary/aromatic N) is 1. The molecule has 3 nitrogen and oxygen atoms in total. The fraction of sp³-hybridized carbons (Fsp3) is 0.455. The number of amides is 1. The van der Waals surface area contributed by atoms with Crippen LogP contribution in [0, 0.1) is 0 Å². The van der Waals surface area contributed by atoms with Gasteiger partial charge in [-0.15, -0.1) is 11.6 Å². The molecule has 0 saturated heterocycles. The maximum absolute atomic E-state index is 11.7. The fourth-order valence-electron chi connectivity index (χ4n) is 1.11. The van der Waals surface area contributed by atoms with E-state index < -0.39 is 5.38 Å². The van der Waals surface area contributed by atoms with E-state index in [1.54, 1.807) is 24.5 Å². The van der Waals surface area contributed by atoms with Crippen molar-refractivity contribution in [2.75, 3.05) is 0 Å². The molecule has 1 aromatic rings. The molecule has 1 unspecified atom stereocenters. The van der Waals surface area contributed by atoms with Crippen molar-refractivity contribution >= 4 is 17.5 Å². The normalized spacial score (nSPS) is 13.3. The molecule has 0 spiro atoms. The molecule has 0 radical (unpaired) electrons. The Kier molecular flexibility index (Phi) is 3.69. The van der Waals surface area contributed by atoms with Crippen LogP contribution in [-0.4, -0.2) is 16.4 Å². The Morgan fingerprint density at radius 3 is 2.67 bits per heavy atom. The zero-order valence-electron chi connectivity index (χ0n) is 9.12. The Labute approximate surface area is 94.9 Å². The zero-order chi connectivity index (χ0) is 11.5. The van der Waals surface area contributed by atoms with Gasteiger partial charge in [-0.2, -0.15) is 0 Å². The molecule has 1 atom stereocenters. The Balaban J connectivity index is 2.70. The fourth-order valence-corrected chi connectivity index (χ4v) is 1.29. The van der Waals surface area contributed by atoms with Crippen molar-refractivity contribution in [2.24, 2.45) is 0 Å². The Bertz CT molecular complexity index is 332. The monoisotopic (exact) mass is 226 g/mol. The minimum Gasteiger partial charge on any atom is -0.350 e.